The van der Waals surface area contributed by atoms with E-state index in [0.29, 0.717) is 6.01 Å². The Labute approximate surface area is 114 Å². The first-order valence-electron chi connectivity index (χ1n) is 5.63. The highest BCUT2D eigenvalue weighted by Gasteiger charge is 2.03. The molecule has 0 saturated heterocycles. The number of nitrogens with two attached hydrogens (primary N) is 1. The number of ether oxygens (including phenoxy) is 1. The second-order valence-corrected chi connectivity index (χ2v) is 5.03. The van der Waals surface area contributed by atoms with Gasteiger partial charge in [-0.2, -0.15) is 0 Å². The summed E-state index contributed by atoms with van der Waals surface area (Å²) in [6, 6.07) is 8.25. The molecule has 0 saturated carbocycles. The molecule has 0 fully saturated rings. The van der Waals surface area contributed by atoms with Crippen molar-refractivity contribution in [2.75, 3.05) is 0 Å². The molecule has 2 N–H and O–H groups in total. The summed E-state index contributed by atoms with van der Waals surface area (Å²) in [5.74, 6) is 0.718. The molecular weight excluding hydrogens is 294 g/mol. The fourth-order valence-electron chi connectivity index (χ4n) is 1.57. The molecule has 1 heterocycles. The molecule has 5 heteroatoms. The minimum absolute atomic E-state index is 0.129. The van der Waals surface area contributed by atoms with E-state index in [1.165, 1.54) is 0 Å². The van der Waals surface area contributed by atoms with Crippen LogP contribution in [-0.4, -0.2) is 16.0 Å². The number of rotatable bonds is 4. The first-order valence-corrected chi connectivity index (χ1v) is 6.43. The maximum atomic E-state index is 5.77. The fraction of sp³-hybridized carbons (Fsp3) is 0.231. The molecule has 4 nitrogen and oxygen atoms in total. The SMILES string of the molecule is CC(N)Cc1cccc(Oc2ncc(Br)cn2)c1. The first-order chi connectivity index (χ1) is 8.63. The molecule has 1 unspecified atom stereocenters. The van der Waals surface area contributed by atoms with Gasteiger partial charge in [0.2, 0.25) is 0 Å². The van der Waals surface area contributed by atoms with Gasteiger partial charge in [-0.05, 0) is 47.0 Å². The molecule has 1 aromatic heterocycles. The number of hydrogen-bond donors (Lipinski definition) is 1. The average molecular weight is 308 g/mol. The molecule has 0 aliphatic carbocycles. The quantitative estimate of drug-likeness (QED) is 0.943. The van der Waals surface area contributed by atoms with Crippen molar-refractivity contribution in [1.29, 1.82) is 0 Å². The van der Waals surface area contributed by atoms with Crippen LogP contribution in [0.5, 0.6) is 11.8 Å². The lowest BCUT2D eigenvalue weighted by atomic mass is 10.1. The van der Waals surface area contributed by atoms with E-state index >= 15 is 0 Å². The largest absolute Gasteiger partial charge is 0.424 e. The van der Waals surface area contributed by atoms with Gasteiger partial charge in [-0.25, -0.2) is 9.97 Å². The summed E-state index contributed by atoms with van der Waals surface area (Å²) < 4.78 is 6.39. The van der Waals surface area contributed by atoms with Crippen LogP contribution in [-0.2, 0) is 6.42 Å². The normalized spacial score (nSPS) is 12.2. The summed E-state index contributed by atoms with van der Waals surface area (Å²) in [4.78, 5) is 8.12. The van der Waals surface area contributed by atoms with Crippen molar-refractivity contribution in [3.05, 3.63) is 46.7 Å². The highest BCUT2D eigenvalue weighted by molar-refractivity contribution is 9.10. The number of hydrogen-bond acceptors (Lipinski definition) is 4. The van der Waals surface area contributed by atoms with Crippen LogP contribution >= 0.6 is 15.9 Å². The zero-order valence-electron chi connectivity index (χ0n) is 10.0. The maximum Gasteiger partial charge on any atom is 0.321 e. The van der Waals surface area contributed by atoms with E-state index in [1.807, 2.05) is 31.2 Å². The van der Waals surface area contributed by atoms with Gasteiger partial charge in [-0.15, -0.1) is 0 Å². The van der Waals surface area contributed by atoms with Crippen LogP contribution in [0.25, 0.3) is 0 Å². The first kappa shape index (κ1) is 13.0. The van der Waals surface area contributed by atoms with Gasteiger partial charge in [0.25, 0.3) is 0 Å². The molecule has 1 aromatic carbocycles. The smallest absolute Gasteiger partial charge is 0.321 e. The predicted octanol–water partition coefficient (Wildman–Crippen LogP) is 2.92. The van der Waals surface area contributed by atoms with E-state index < -0.39 is 0 Å². The second-order valence-electron chi connectivity index (χ2n) is 4.11. The van der Waals surface area contributed by atoms with Gasteiger partial charge in [-0.3, -0.25) is 0 Å². The second kappa shape index (κ2) is 5.93. The van der Waals surface area contributed by atoms with Crippen molar-refractivity contribution in [3.8, 4) is 11.8 Å². The number of nitrogens with zero attached hydrogens (tertiary/aromatic N) is 2. The van der Waals surface area contributed by atoms with Crippen molar-refractivity contribution in [1.82, 2.24) is 9.97 Å². The Kier molecular flexibility index (Phi) is 4.28. The number of halogens is 1. The van der Waals surface area contributed by atoms with Crippen LogP contribution in [0.1, 0.15) is 12.5 Å². The Morgan fingerprint density at radius 2 is 2.06 bits per heavy atom. The Balaban J connectivity index is 2.11. The molecule has 0 amide bonds. The summed E-state index contributed by atoms with van der Waals surface area (Å²) in [6.07, 6.45) is 4.11. The van der Waals surface area contributed by atoms with Crippen molar-refractivity contribution in [2.45, 2.75) is 19.4 Å². The van der Waals surface area contributed by atoms with Crippen LogP contribution in [0.2, 0.25) is 0 Å². The van der Waals surface area contributed by atoms with E-state index in [4.69, 9.17) is 10.5 Å². The van der Waals surface area contributed by atoms with E-state index in [2.05, 4.69) is 25.9 Å². The minimum atomic E-state index is 0.129. The molecule has 0 spiro atoms. The lowest BCUT2D eigenvalue weighted by Gasteiger charge is -2.08. The number of benzene rings is 1. The van der Waals surface area contributed by atoms with Crippen molar-refractivity contribution >= 4 is 15.9 Å². The lowest BCUT2D eigenvalue weighted by Crippen LogP contribution is -2.17. The van der Waals surface area contributed by atoms with Crippen molar-refractivity contribution in [3.63, 3.8) is 0 Å². The number of aromatic nitrogens is 2. The Bertz CT molecular complexity index is 514. The zero-order chi connectivity index (χ0) is 13.0. The third kappa shape index (κ3) is 3.78. The van der Waals surface area contributed by atoms with Crippen LogP contribution in [0.4, 0.5) is 0 Å². The molecule has 0 aliphatic rings. The third-order valence-electron chi connectivity index (χ3n) is 2.26. The van der Waals surface area contributed by atoms with Gasteiger partial charge in [0.1, 0.15) is 5.75 Å². The Morgan fingerprint density at radius 3 is 2.72 bits per heavy atom. The Morgan fingerprint density at radius 1 is 1.33 bits per heavy atom. The molecule has 0 bridgehead atoms. The van der Waals surface area contributed by atoms with Gasteiger partial charge < -0.3 is 10.5 Å². The Hall–Kier alpha value is -1.46. The summed E-state index contributed by atoms with van der Waals surface area (Å²) in [5, 5.41) is 0. The van der Waals surface area contributed by atoms with E-state index in [0.717, 1.165) is 22.2 Å². The highest BCUT2D eigenvalue weighted by Crippen LogP contribution is 2.20. The van der Waals surface area contributed by atoms with Crippen molar-refractivity contribution in [2.24, 2.45) is 5.73 Å². The molecule has 94 valence electrons. The van der Waals surface area contributed by atoms with Crippen LogP contribution < -0.4 is 10.5 Å². The molecule has 0 radical (unpaired) electrons. The summed E-state index contributed by atoms with van der Waals surface area (Å²) in [7, 11) is 0. The average Bonchev–Trinajstić information content (AvgIpc) is 2.32. The predicted molar refractivity (Wildman–Crippen MR) is 73.6 cm³/mol. The van der Waals surface area contributed by atoms with Crippen LogP contribution in [0, 0.1) is 0 Å². The zero-order valence-corrected chi connectivity index (χ0v) is 11.6. The van der Waals surface area contributed by atoms with Gasteiger partial charge in [0, 0.05) is 18.4 Å². The molecule has 2 aromatic rings. The third-order valence-corrected chi connectivity index (χ3v) is 2.67. The van der Waals surface area contributed by atoms with Gasteiger partial charge in [-0.1, -0.05) is 12.1 Å². The van der Waals surface area contributed by atoms with E-state index in [9.17, 15) is 0 Å². The lowest BCUT2D eigenvalue weighted by molar-refractivity contribution is 0.440. The van der Waals surface area contributed by atoms with Crippen LogP contribution in [0.3, 0.4) is 0 Å². The van der Waals surface area contributed by atoms with Gasteiger partial charge in [0.05, 0.1) is 4.47 Å². The molecule has 18 heavy (non-hydrogen) atoms. The summed E-state index contributed by atoms with van der Waals surface area (Å²) >= 11 is 3.28. The molecule has 2 rings (SSSR count). The molecular formula is C13H14BrN3O. The van der Waals surface area contributed by atoms with Crippen molar-refractivity contribution < 1.29 is 4.74 Å². The topological polar surface area (TPSA) is 61.0 Å². The summed E-state index contributed by atoms with van der Waals surface area (Å²) in [6.45, 7) is 1.98. The van der Waals surface area contributed by atoms with Gasteiger partial charge >= 0.3 is 6.01 Å². The monoisotopic (exact) mass is 307 g/mol. The minimum Gasteiger partial charge on any atom is -0.424 e. The van der Waals surface area contributed by atoms with Gasteiger partial charge in [0.15, 0.2) is 0 Å². The molecule has 0 aliphatic heterocycles. The van der Waals surface area contributed by atoms with E-state index in [-0.39, 0.29) is 6.04 Å². The summed E-state index contributed by atoms with van der Waals surface area (Å²) in [5.41, 5.74) is 6.91. The molecule has 1 atom stereocenters. The van der Waals surface area contributed by atoms with E-state index in [1.54, 1.807) is 12.4 Å². The fourth-order valence-corrected chi connectivity index (χ4v) is 1.77. The maximum absolute atomic E-state index is 5.77. The van der Waals surface area contributed by atoms with Crippen LogP contribution in [0.15, 0.2) is 41.1 Å². The standard InChI is InChI=1S/C13H14BrN3O/c1-9(15)5-10-3-2-4-12(6-10)18-13-16-7-11(14)8-17-13/h2-4,6-9H,5,15H2,1H3. The highest BCUT2D eigenvalue weighted by atomic mass is 79.9.